The van der Waals surface area contributed by atoms with Crippen LogP contribution < -0.4 is 5.32 Å². The van der Waals surface area contributed by atoms with Gasteiger partial charge in [-0.05, 0) is 30.5 Å². The lowest BCUT2D eigenvalue weighted by atomic mass is 10.1. The number of hydrogen-bond donors (Lipinski definition) is 1. The fourth-order valence-electron chi connectivity index (χ4n) is 1.83. The van der Waals surface area contributed by atoms with Gasteiger partial charge in [0.05, 0.1) is 5.70 Å². The summed E-state index contributed by atoms with van der Waals surface area (Å²) in [6.45, 7) is 2.46. The zero-order valence-electron chi connectivity index (χ0n) is 10.3. The van der Waals surface area contributed by atoms with Crippen molar-refractivity contribution in [1.82, 2.24) is 0 Å². The summed E-state index contributed by atoms with van der Waals surface area (Å²) < 4.78 is 4.82. The van der Waals surface area contributed by atoms with E-state index in [1.54, 1.807) is 0 Å². The Labute approximate surface area is 112 Å². The lowest BCUT2D eigenvalue weighted by Crippen LogP contribution is -2.01. The van der Waals surface area contributed by atoms with E-state index in [-0.39, 0.29) is 5.97 Å². The lowest BCUT2D eigenvalue weighted by molar-refractivity contribution is -0.134. The second kappa shape index (κ2) is 5.91. The molecule has 1 N–H and O–H groups in total. The highest BCUT2D eigenvalue weighted by Gasteiger charge is 2.13. The number of rotatable bonds is 5. The molecule has 18 heavy (non-hydrogen) atoms. The zero-order valence-corrected chi connectivity index (χ0v) is 11.1. The van der Waals surface area contributed by atoms with Crippen LogP contribution in [0.3, 0.4) is 0 Å². The number of ether oxygens (including phenoxy) is 1. The van der Waals surface area contributed by atoms with Gasteiger partial charge in [-0.15, -0.1) is 0 Å². The Bertz CT molecular complexity index is 483. The average Bonchev–Trinajstić information content (AvgIpc) is 2.74. The maximum atomic E-state index is 10.9. The number of unbranched alkanes of at least 4 members (excludes halogenated alkanes) is 1. The highest BCUT2D eigenvalue weighted by Crippen LogP contribution is 2.24. The van der Waals surface area contributed by atoms with Crippen LogP contribution in [0, 0.1) is 0 Å². The topological polar surface area (TPSA) is 38.3 Å². The minimum Gasteiger partial charge on any atom is -0.456 e. The van der Waals surface area contributed by atoms with Gasteiger partial charge in [0.1, 0.15) is 6.61 Å². The highest BCUT2D eigenvalue weighted by atomic mass is 35.5. The molecule has 1 aliphatic heterocycles. The minimum atomic E-state index is -0.303. The van der Waals surface area contributed by atoms with Gasteiger partial charge in [-0.25, -0.2) is 4.79 Å². The van der Waals surface area contributed by atoms with E-state index in [0.29, 0.717) is 6.61 Å². The Hall–Kier alpha value is -1.48. The van der Waals surface area contributed by atoms with E-state index in [2.05, 4.69) is 12.2 Å². The van der Waals surface area contributed by atoms with E-state index in [1.165, 1.54) is 6.08 Å². The standard InChI is InChI=1S/C14H16ClNO2/c1-2-3-4-10-5-6-11(7-13(10)15)16-12-8-14(17)18-9-12/h5-8,16H,2-4,9H2,1H3. The molecule has 0 bridgehead atoms. The molecular formula is C14H16ClNO2. The molecule has 0 aliphatic carbocycles. The Morgan fingerprint density at radius 2 is 2.28 bits per heavy atom. The molecule has 0 amide bonds. The predicted octanol–water partition coefficient (Wildman–Crippen LogP) is 3.54. The van der Waals surface area contributed by atoms with Crippen molar-refractivity contribution in [3.8, 4) is 0 Å². The van der Waals surface area contributed by atoms with Crippen LogP contribution in [0.15, 0.2) is 30.0 Å². The fraction of sp³-hybridized carbons (Fsp3) is 0.357. The van der Waals surface area contributed by atoms with Crippen molar-refractivity contribution in [2.45, 2.75) is 26.2 Å². The number of cyclic esters (lactones) is 1. The zero-order chi connectivity index (χ0) is 13.0. The molecule has 1 aromatic rings. The van der Waals surface area contributed by atoms with E-state index in [9.17, 15) is 4.79 Å². The second-order valence-electron chi connectivity index (χ2n) is 4.31. The number of aryl methyl sites for hydroxylation is 1. The molecule has 0 aromatic heterocycles. The Morgan fingerprint density at radius 1 is 1.44 bits per heavy atom. The van der Waals surface area contributed by atoms with E-state index < -0.39 is 0 Å². The van der Waals surface area contributed by atoms with Crippen LogP contribution in [0.4, 0.5) is 5.69 Å². The maximum Gasteiger partial charge on any atom is 0.333 e. The van der Waals surface area contributed by atoms with Crippen molar-refractivity contribution < 1.29 is 9.53 Å². The molecule has 2 rings (SSSR count). The first-order valence-corrected chi connectivity index (χ1v) is 6.49. The molecule has 0 radical (unpaired) electrons. The first-order valence-electron chi connectivity index (χ1n) is 6.12. The van der Waals surface area contributed by atoms with Crippen molar-refractivity contribution >= 4 is 23.3 Å². The Kier molecular flexibility index (Phi) is 4.26. The van der Waals surface area contributed by atoms with Crippen LogP contribution in [0.25, 0.3) is 0 Å². The van der Waals surface area contributed by atoms with Gasteiger partial charge < -0.3 is 10.1 Å². The summed E-state index contributed by atoms with van der Waals surface area (Å²) in [4.78, 5) is 10.9. The summed E-state index contributed by atoms with van der Waals surface area (Å²) in [5.74, 6) is -0.303. The van der Waals surface area contributed by atoms with Gasteiger partial charge in [-0.1, -0.05) is 31.0 Å². The van der Waals surface area contributed by atoms with Gasteiger partial charge in [0.2, 0.25) is 0 Å². The van der Waals surface area contributed by atoms with Crippen LogP contribution >= 0.6 is 11.6 Å². The van der Waals surface area contributed by atoms with Crippen molar-refractivity contribution in [3.63, 3.8) is 0 Å². The maximum absolute atomic E-state index is 10.9. The van der Waals surface area contributed by atoms with Crippen molar-refractivity contribution in [1.29, 1.82) is 0 Å². The average molecular weight is 266 g/mol. The minimum absolute atomic E-state index is 0.300. The second-order valence-corrected chi connectivity index (χ2v) is 4.72. The number of benzene rings is 1. The van der Waals surface area contributed by atoms with Crippen molar-refractivity contribution in [2.24, 2.45) is 0 Å². The monoisotopic (exact) mass is 265 g/mol. The Morgan fingerprint density at radius 3 is 2.89 bits per heavy atom. The van der Waals surface area contributed by atoms with Crippen LogP contribution in [0.2, 0.25) is 5.02 Å². The molecule has 0 fully saturated rings. The van der Waals surface area contributed by atoms with Crippen molar-refractivity contribution in [2.75, 3.05) is 11.9 Å². The van der Waals surface area contributed by atoms with Crippen LogP contribution in [0.5, 0.6) is 0 Å². The van der Waals surface area contributed by atoms with Gasteiger partial charge in [0.15, 0.2) is 0 Å². The summed E-state index contributed by atoms with van der Waals surface area (Å²) in [7, 11) is 0. The van der Waals surface area contributed by atoms with Crippen LogP contribution in [0.1, 0.15) is 25.3 Å². The molecule has 0 atom stereocenters. The van der Waals surface area contributed by atoms with E-state index in [4.69, 9.17) is 16.3 Å². The molecule has 0 unspecified atom stereocenters. The molecule has 96 valence electrons. The van der Waals surface area contributed by atoms with Crippen LogP contribution in [-0.2, 0) is 16.0 Å². The summed E-state index contributed by atoms with van der Waals surface area (Å²) >= 11 is 6.22. The smallest absolute Gasteiger partial charge is 0.333 e. The number of nitrogens with one attached hydrogen (secondary N) is 1. The van der Waals surface area contributed by atoms with Crippen LogP contribution in [-0.4, -0.2) is 12.6 Å². The number of esters is 1. The quantitative estimate of drug-likeness (QED) is 0.828. The number of carbonyl (C=O) groups is 1. The number of anilines is 1. The normalized spacial score (nSPS) is 14.3. The molecule has 0 saturated heterocycles. The van der Waals surface area contributed by atoms with Gasteiger partial charge in [0.25, 0.3) is 0 Å². The third-order valence-electron chi connectivity index (χ3n) is 2.82. The molecule has 4 heteroatoms. The summed E-state index contributed by atoms with van der Waals surface area (Å²) in [6.07, 6.45) is 4.75. The fourth-order valence-corrected chi connectivity index (χ4v) is 2.10. The SMILES string of the molecule is CCCCc1ccc(NC2=CC(=O)OC2)cc1Cl. The number of hydrogen-bond acceptors (Lipinski definition) is 3. The van der Waals surface area contributed by atoms with Gasteiger partial charge in [-0.3, -0.25) is 0 Å². The molecular weight excluding hydrogens is 250 g/mol. The van der Waals surface area contributed by atoms with Gasteiger partial charge in [0, 0.05) is 16.8 Å². The molecule has 1 aliphatic rings. The predicted molar refractivity (Wildman–Crippen MR) is 72.7 cm³/mol. The van der Waals surface area contributed by atoms with E-state index in [0.717, 1.165) is 41.2 Å². The van der Waals surface area contributed by atoms with E-state index >= 15 is 0 Å². The number of halogens is 1. The summed E-state index contributed by atoms with van der Waals surface area (Å²) in [6, 6.07) is 5.88. The van der Waals surface area contributed by atoms with E-state index in [1.807, 2.05) is 18.2 Å². The summed E-state index contributed by atoms with van der Waals surface area (Å²) in [5.41, 5.74) is 2.80. The molecule has 0 saturated carbocycles. The van der Waals surface area contributed by atoms with Gasteiger partial charge >= 0.3 is 5.97 Å². The number of carbonyl (C=O) groups excluding carboxylic acids is 1. The lowest BCUT2D eigenvalue weighted by Gasteiger charge is -2.09. The van der Waals surface area contributed by atoms with Gasteiger partial charge in [-0.2, -0.15) is 0 Å². The molecule has 0 spiro atoms. The third-order valence-corrected chi connectivity index (χ3v) is 3.17. The summed E-state index contributed by atoms with van der Waals surface area (Å²) in [5, 5.41) is 3.89. The molecule has 1 heterocycles. The first-order chi connectivity index (χ1) is 8.69. The molecule has 1 aromatic carbocycles. The highest BCUT2D eigenvalue weighted by molar-refractivity contribution is 6.31. The first kappa shape index (κ1) is 13.0. The largest absolute Gasteiger partial charge is 0.456 e. The van der Waals surface area contributed by atoms with Crippen molar-refractivity contribution in [3.05, 3.63) is 40.6 Å². The Balaban J connectivity index is 2.04. The molecule has 3 nitrogen and oxygen atoms in total. The third kappa shape index (κ3) is 3.26.